The third-order valence-electron chi connectivity index (χ3n) is 12.1. The van der Waals surface area contributed by atoms with Gasteiger partial charge in [-0.1, -0.05) is 206 Å². The van der Waals surface area contributed by atoms with E-state index in [0.717, 1.165) is 83.0 Å². The van der Waals surface area contributed by atoms with E-state index in [1.807, 2.05) is 36.4 Å². The van der Waals surface area contributed by atoms with E-state index < -0.39 is 0 Å². The minimum absolute atomic E-state index is 0.623. The second-order valence-corrected chi connectivity index (χ2v) is 15.9. The van der Waals surface area contributed by atoms with Gasteiger partial charge in [0.2, 0.25) is 0 Å². The number of para-hydroxylation sites is 1. The number of furan rings is 1. The van der Waals surface area contributed by atoms with Crippen molar-refractivity contribution in [2.45, 2.75) is 0 Å². The molecule has 0 saturated heterocycles. The number of hydrogen-bond donors (Lipinski definition) is 0. The highest BCUT2D eigenvalue weighted by atomic mass is 16.3. The number of nitrogens with zero attached hydrogens (tertiary/aromatic N) is 3. The number of hydrogen-bond acceptors (Lipinski definition) is 4. The molecule has 2 heterocycles. The fourth-order valence-electron chi connectivity index (χ4n) is 9.03. The topological polar surface area (TPSA) is 51.8 Å². The Kier molecular flexibility index (Phi) is 8.79. The van der Waals surface area contributed by atoms with Crippen LogP contribution in [0.15, 0.2) is 229 Å². The summed E-state index contributed by atoms with van der Waals surface area (Å²) in [6.07, 6.45) is 0. The van der Waals surface area contributed by atoms with Crippen LogP contribution in [-0.4, -0.2) is 15.0 Å². The normalized spacial score (nSPS) is 11.5. The highest BCUT2D eigenvalue weighted by Crippen LogP contribution is 2.44. The Morgan fingerprint density at radius 1 is 0.238 bits per heavy atom. The summed E-state index contributed by atoms with van der Waals surface area (Å²) in [4.78, 5) is 15.1. The average molecular weight is 804 g/mol. The number of benzene rings is 10. The third-order valence-corrected chi connectivity index (χ3v) is 12.1. The van der Waals surface area contributed by atoms with Crippen molar-refractivity contribution in [3.05, 3.63) is 224 Å². The minimum atomic E-state index is 0.623. The van der Waals surface area contributed by atoms with E-state index in [1.54, 1.807) is 0 Å². The summed E-state index contributed by atoms with van der Waals surface area (Å²) in [5.41, 5.74) is 13.5. The lowest BCUT2D eigenvalue weighted by molar-refractivity contribution is 0.674. The molecule has 12 rings (SSSR count). The van der Waals surface area contributed by atoms with E-state index >= 15 is 0 Å². The van der Waals surface area contributed by atoms with Crippen LogP contribution in [0.25, 0.3) is 122 Å². The van der Waals surface area contributed by atoms with Crippen LogP contribution < -0.4 is 0 Å². The van der Waals surface area contributed by atoms with Crippen molar-refractivity contribution in [2.75, 3.05) is 0 Å². The van der Waals surface area contributed by atoms with Gasteiger partial charge in [0.05, 0.1) is 0 Å². The Balaban J connectivity index is 0.911. The van der Waals surface area contributed by atoms with Gasteiger partial charge in [-0.05, 0) is 73.3 Å². The summed E-state index contributed by atoms with van der Waals surface area (Å²) in [5, 5.41) is 7.06. The smallest absolute Gasteiger partial charge is 0.164 e. The molecule has 0 bridgehead atoms. The fourth-order valence-corrected chi connectivity index (χ4v) is 9.03. The van der Waals surface area contributed by atoms with Gasteiger partial charge >= 0.3 is 0 Å². The van der Waals surface area contributed by atoms with Crippen molar-refractivity contribution in [2.24, 2.45) is 0 Å². The molecule has 0 saturated carbocycles. The van der Waals surface area contributed by atoms with Crippen molar-refractivity contribution in [1.82, 2.24) is 15.0 Å². The van der Waals surface area contributed by atoms with Crippen LogP contribution in [0, 0.1) is 0 Å². The van der Waals surface area contributed by atoms with Crippen molar-refractivity contribution in [3.8, 4) is 78.7 Å². The first-order valence-corrected chi connectivity index (χ1v) is 21.3. The van der Waals surface area contributed by atoms with Crippen LogP contribution in [0.3, 0.4) is 0 Å². The summed E-state index contributed by atoms with van der Waals surface area (Å²) >= 11 is 0. The fraction of sp³-hybridized carbons (Fsp3) is 0. The number of aromatic nitrogens is 3. The number of rotatable bonds is 7. The molecule has 12 aromatic rings. The molecule has 294 valence electrons. The van der Waals surface area contributed by atoms with E-state index in [-0.39, 0.29) is 0 Å². The van der Waals surface area contributed by atoms with Gasteiger partial charge in [0.1, 0.15) is 11.2 Å². The molecule has 4 nitrogen and oxygen atoms in total. The van der Waals surface area contributed by atoms with E-state index in [2.05, 4.69) is 188 Å². The van der Waals surface area contributed by atoms with Crippen molar-refractivity contribution in [1.29, 1.82) is 0 Å². The van der Waals surface area contributed by atoms with Gasteiger partial charge in [0.15, 0.2) is 17.5 Å². The van der Waals surface area contributed by atoms with Crippen molar-refractivity contribution < 1.29 is 4.42 Å². The van der Waals surface area contributed by atoms with E-state index in [4.69, 9.17) is 19.4 Å². The molecular weight excluding hydrogens is 767 g/mol. The van der Waals surface area contributed by atoms with Gasteiger partial charge in [0.25, 0.3) is 0 Å². The highest BCUT2D eigenvalue weighted by molar-refractivity contribution is 6.31. The molecule has 0 fully saturated rings. The molecular formula is C59H37N3O. The SMILES string of the molecule is c1ccc(-c2ccc(-c3nc(-c4ccccc4)nc(-c4cccc(-c5cccc(-c6cccc(-c7cccc8c7oc7c9ccccc9c9ccccc9c87)c6)c5)c4)n3)cc2)cc1. The molecule has 0 aliphatic rings. The predicted molar refractivity (Wildman–Crippen MR) is 260 cm³/mol. The average Bonchev–Trinajstić information content (AvgIpc) is 3.78. The summed E-state index contributed by atoms with van der Waals surface area (Å²) in [5.74, 6) is 1.89. The van der Waals surface area contributed by atoms with Crippen LogP contribution in [0.1, 0.15) is 0 Å². The third kappa shape index (κ3) is 6.53. The minimum Gasteiger partial charge on any atom is -0.455 e. The van der Waals surface area contributed by atoms with Gasteiger partial charge in [-0.3, -0.25) is 0 Å². The quantitative estimate of drug-likeness (QED) is 0.151. The first kappa shape index (κ1) is 36.4. The second-order valence-electron chi connectivity index (χ2n) is 15.9. The molecule has 0 unspecified atom stereocenters. The largest absolute Gasteiger partial charge is 0.455 e. The van der Waals surface area contributed by atoms with Gasteiger partial charge in [-0.15, -0.1) is 0 Å². The first-order valence-electron chi connectivity index (χ1n) is 21.3. The molecule has 10 aromatic carbocycles. The standard InChI is InChI=1S/C59H37N3O/c1-3-15-38(16-4-1)39-31-33-41(34-32-39)58-60-57(40-17-5-2-6-18-40)61-59(62-58)47-24-13-22-45(37-47)43-20-11-19-42(35-43)44-21-12-23-46(36-44)48-29-14-30-53-54-51-27-9-7-25-49(51)50-26-8-10-28-52(50)56(54)63-55(48)53/h1-37H. The van der Waals surface area contributed by atoms with Crippen LogP contribution in [0.2, 0.25) is 0 Å². The lowest BCUT2D eigenvalue weighted by Gasteiger charge is -2.11. The molecule has 0 amide bonds. The summed E-state index contributed by atoms with van der Waals surface area (Å²) in [6.45, 7) is 0. The maximum atomic E-state index is 6.90. The zero-order chi connectivity index (χ0) is 41.7. The Morgan fingerprint density at radius 2 is 0.619 bits per heavy atom. The molecule has 0 atom stereocenters. The lowest BCUT2D eigenvalue weighted by Crippen LogP contribution is -2.00. The van der Waals surface area contributed by atoms with Gasteiger partial charge in [-0.2, -0.15) is 0 Å². The number of fused-ring (bicyclic) bond motifs is 8. The second kappa shape index (κ2) is 15.2. The Bertz CT molecular complexity index is 3670. The molecule has 63 heavy (non-hydrogen) atoms. The van der Waals surface area contributed by atoms with Crippen LogP contribution in [0.4, 0.5) is 0 Å². The summed E-state index contributed by atoms with van der Waals surface area (Å²) < 4.78 is 6.90. The molecule has 0 spiro atoms. The Labute approximate surface area is 364 Å². The highest BCUT2D eigenvalue weighted by Gasteiger charge is 2.19. The predicted octanol–water partition coefficient (Wildman–Crippen LogP) is 15.7. The van der Waals surface area contributed by atoms with Crippen LogP contribution in [-0.2, 0) is 0 Å². The van der Waals surface area contributed by atoms with E-state index in [0.29, 0.717) is 17.5 Å². The van der Waals surface area contributed by atoms with Gasteiger partial charge < -0.3 is 4.42 Å². The lowest BCUT2D eigenvalue weighted by atomic mass is 9.94. The molecule has 0 radical (unpaired) electrons. The molecule has 0 N–H and O–H groups in total. The molecule has 0 aliphatic heterocycles. The van der Waals surface area contributed by atoms with Crippen molar-refractivity contribution >= 4 is 43.5 Å². The van der Waals surface area contributed by atoms with Crippen LogP contribution >= 0.6 is 0 Å². The molecule has 2 aromatic heterocycles. The molecule has 4 heteroatoms. The van der Waals surface area contributed by atoms with E-state index in [1.165, 1.54) is 21.7 Å². The molecule has 0 aliphatic carbocycles. The van der Waals surface area contributed by atoms with E-state index in [9.17, 15) is 0 Å². The zero-order valence-corrected chi connectivity index (χ0v) is 34.1. The first-order chi connectivity index (χ1) is 31.2. The van der Waals surface area contributed by atoms with Crippen LogP contribution in [0.5, 0.6) is 0 Å². The maximum Gasteiger partial charge on any atom is 0.164 e. The Morgan fingerprint density at radius 3 is 1.25 bits per heavy atom. The summed E-state index contributed by atoms with van der Waals surface area (Å²) in [6, 6.07) is 78.7. The summed E-state index contributed by atoms with van der Waals surface area (Å²) in [7, 11) is 0. The van der Waals surface area contributed by atoms with Gasteiger partial charge in [0, 0.05) is 38.4 Å². The van der Waals surface area contributed by atoms with Gasteiger partial charge in [-0.25, -0.2) is 15.0 Å². The zero-order valence-electron chi connectivity index (χ0n) is 34.1. The maximum absolute atomic E-state index is 6.90. The monoisotopic (exact) mass is 803 g/mol. The Hall–Kier alpha value is -8.47. The van der Waals surface area contributed by atoms with Crippen molar-refractivity contribution in [3.63, 3.8) is 0 Å².